The molecule has 0 saturated carbocycles. The third kappa shape index (κ3) is 7.23. The van der Waals surface area contributed by atoms with E-state index in [1.807, 2.05) is 53.9 Å². The van der Waals surface area contributed by atoms with E-state index in [0.717, 1.165) is 30.4 Å². The predicted octanol–water partition coefficient (Wildman–Crippen LogP) is 5.81. The monoisotopic (exact) mass is 497 g/mol. The summed E-state index contributed by atoms with van der Waals surface area (Å²) >= 11 is 7.79. The first-order chi connectivity index (χ1) is 16.5. The molecule has 0 saturated heterocycles. The molecule has 0 aliphatic carbocycles. The highest BCUT2D eigenvalue weighted by atomic mass is 35.5. The number of halogens is 1. The Labute approximate surface area is 209 Å². The van der Waals surface area contributed by atoms with Gasteiger partial charge in [-0.25, -0.2) is 9.78 Å². The Morgan fingerprint density at radius 3 is 2.62 bits per heavy atom. The van der Waals surface area contributed by atoms with E-state index in [1.54, 1.807) is 10.6 Å². The van der Waals surface area contributed by atoms with Crippen molar-refractivity contribution in [2.75, 3.05) is 0 Å². The molecule has 1 aromatic heterocycles. The molecule has 2 aromatic carbocycles. The van der Waals surface area contributed by atoms with Crippen LogP contribution in [0.2, 0.25) is 5.02 Å². The van der Waals surface area contributed by atoms with Crippen molar-refractivity contribution >= 4 is 35.2 Å². The van der Waals surface area contributed by atoms with Crippen LogP contribution in [0.1, 0.15) is 47.8 Å². The van der Waals surface area contributed by atoms with Gasteiger partial charge in [-0.2, -0.15) is 0 Å². The van der Waals surface area contributed by atoms with Crippen molar-refractivity contribution in [3.63, 3.8) is 0 Å². The Kier molecular flexibility index (Phi) is 9.79. The minimum atomic E-state index is -1.09. The molecule has 34 heavy (non-hydrogen) atoms. The first kappa shape index (κ1) is 25.6. The van der Waals surface area contributed by atoms with E-state index in [0.29, 0.717) is 16.7 Å². The number of hydrogen-bond donors (Lipinski definition) is 2. The molecule has 0 fully saturated rings. The van der Waals surface area contributed by atoms with Crippen molar-refractivity contribution in [1.29, 1.82) is 0 Å². The van der Waals surface area contributed by atoms with Gasteiger partial charge in [0, 0.05) is 11.4 Å². The van der Waals surface area contributed by atoms with Gasteiger partial charge in [0.05, 0.1) is 12.7 Å². The van der Waals surface area contributed by atoms with Crippen LogP contribution in [0, 0.1) is 0 Å². The van der Waals surface area contributed by atoms with Gasteiger partial charge in [-0.3, -0.25) is 4.79 Å². The van der Waals surface area contributed by atoms with Crippen LogP contribution < -0.4 is 5.32 Å². The summed E-state index contributed by atoms with van der Waals surface area (Å²) in [6.07, 6.45) is 6.95. The summed E-state index contributed by atoms with van der Waals surface area (Å²) in [7, 11) is 0. The fraction of sp³-hybridized carbons (Fsp3) is 0.269. The van der Waals surface area contributed by atoms with Gasteiger partial charge in [-0.05, 0) is 29.0 Å². The van der Waals surface area contributed by atoms with Crippen molar-refractivity contribution in [3.05, 3.63) is 94.1 Å². The molecule has 3 rings (SSSR count). The lowest BCUT2D eigenvalue weighted by atomic mass is 10.1. The molecular weight excluding hydrogens is 470 g/mol. The minimum absolute atomic E-state index is 0.183. The second-order valence-electron chi connectivity index (χ2n) is 7.79. The Balaban J connectivity index is 1.84. The maximum Gasteiger partial charge on any atom is 0.326 e. The van der Waals surface area contributed by atoms with Crippen LogP contribution in [-0.4, -0.2) is 32.6 Å². The molecular formula is C26H28ClN3O3S. The van der Waals surface area contributed by atoms with Crippen LogP contribution in [0.15, 0.2) is 77.4 Å². The number of amides is 1. The molecule has 0 spiro atoms. The highest BCUT2D eigenvalue weighted by Gasteiger charge is 2.24. The molecule has 2 N–H and O–H groups in total. The lowest BCUT2D eigenvalue weighted by Crippen LogP contribution is -2.43. The van der Waals surface area contributed by atoms with Gasteiger partial charge in [-0.15, -0.1) is 0 Å². The number of unbranched alkanes of at least 4 members (excludes halogenated alkanes) is 2. The van der Waals surface area contributed by atoms with Gasteiger partial charge in [0.25, 0.3) is 5.91 Å². The number of imidazole rings is 1. The number of thioether (sulfide) groups is 1. The van der Waals surface area contributed by atoms with Crippen LogP contribution in [0.25, 0.3) is 0 Å². The zero-order valence-electron chi connectivity index (χ0n) is 19.0. The third-order valence-corrected chi connectivity index (χ3v) is 6.45. The topological polar surface area (TPSA) is 84.2 Å². The van der Waals surface area contributed by atoms with Crippen LogP contribution in [0.3, 0.4) is 0 Å². The smallest absolute Gasteiger partial charge is 0.326 e. The Morgan fingerprint density at radius 1 is 1.18 bits per heavy atom. The van der Waals surface area contributed by atoms with Gasteiger partial charge in [-0.1, -0.05) is 97.7 Å². The second kappa shape index (κ2) is 13.0. The molecule has 0 unspecified atom stereocenters. The third-order valence-electron chi connectivity index (χ3n) is 5.22. The lowest BCUT2D eigenvalue weighted by Gasteiger charge is -2.16. The number of allylic oxidation sites excluding steroid dienone is 1. The molecule has 6 nitrogen and oxygen atoms in total. The average Bonchev–Trinajstić information content (AvgIpc) is 3.23. The van der Waals surface area contributed by atoms with E-state index in [2.05, 4.69) is 23.3 Å². The molecule has 1 atom stereocenters. The first-order valence-electron chi connectivity index (χ1n) is 11.2. The molecule has 3 aromatic rings. The number of nitrogens with one attached hydrogen (secondary N) is 1. The SMILES string of the molecule is CCCC/C=C/Sc1ncc(C(=O)N[C@@H](Cc2ccccc2)C(=O)O)n1Cc1ccccc1Cl. The Bertz CT molecular complexity index is 1130. The van der Waals surface area contributed by atoms with Crippen LogP contribution >= 0.6 is 23.4 Å². The maximum atomic E-state index is 13.2. The molecule has 8 heteroatoms. The number of hydrogen-bond acceptors (Lipinski definition) is 4. The van der Waals surface area contributed by atoms with E-state index >= 15 is 0 Å². The molecule has 178 valence electrons. The van der Waals surface area contributed by atoms with E-state index in [4.69, 9.17) is 11.6 Å². The van der Waals surface area contributed by atoms with E-state index < -0.39 is 17.9 Å². The largest absolute Gasteiger partial charge is 0.480 e. The summed E-state index contributed by atoms with van der Waals surface area (Å²) in [5, 5.41) is 15.5. The van der Waals surface area contributed by atoms with Gasteiger partial charge in [0.1, 0.15) is 11.7 Å². The van der Waals surface area contributed by atoms with Crippen LogP contribution in [0.4, 0.5) is 0 Å². The van der Waals surface area contributed by atoms with E-state index in [1.165, 1.54) is 18.0 Å². The zero-order chi connectivity index (χ0) is 24.3. The average molecular weight is 498 g/mol. The fourth-order valence-electron chi connectivity index (χ4n) is 3.36. The van der Waals surface area contributed by atoms with E-state index in [9.17, 15) is 14.7 Å². The molecule has 1 heterocycles. The summed E-state index contributed by atoms with van der Waals surface area (Å²) in [6.45, 7) is 2.48. The second-order valence-corrected chi connectivity index (χ2v) is 9.07. The number of rotatable bonds is 12. The van der Waals surface area contributed by atoms with Gasteiger partial charge in [0.15, 0.2) is 5.16 Å². The highest BCUT2D eigenvalue weighted by molar-refractivity contribution is 8.02. The van der Waals surface area contributed by atoms with Crippen molar-refractivity contribution < 1.29 is 14.7 Å². The molecule has 0 bridgehead atoms. The predicted molar refractivity (Wildman–Crippen MR) is 136 cm³/mol. The number of aromatic nitrogens is 2. The standard InChI is InChI=1S/C26H28ClN3O3S/c1-2-3-4-10-15-34-26-28-17-23(30(26)18-20-13-8-9-14-21(20)27)24(31)29-22(25(32)33)16-19-11-6-5-7-12-19/h5-15,17,22H,2-4,16,18H2,1H3,(H,29,31)(H,32,33)/b15-10+/t22-/m0/s1. The number of carboxylic acid groups (broad SMARTS) is 1. The summed E-state index contributed by atoms with van der Waals surface area (Å²) in [5.41, 5.74) is 1.95. The molecule has 0 aliphatic rings. The minimum Gasteiger partial charge on any atom is -0.480 e. The fourth-order valence-corrected chi connectivity index (χ4v) is 4.32. The summed E-state index contributed by atoms with van der Waals surface area (Å²) < 4.78 is 1.77. The summed E-state index contributed by atoms with van der Waals surface area (Å²) in [4.78, 5) is 29.5. The number of aliphatic carboxylic acids is 1. The van der Waals surface area contributed by atoms with Crippen molar-refractivity contribution in [1.82, 2.24) is 14.9 Å². The molecule has 0 radical (unpaired) electrons. The Morgan fingerprint density at radius 2 is 1.91 bits per heavy atom. The molecule has 1 amide bonds. The van der Waals surface area contributed by atoms with Gasteiger partial charge < -0.3 is 15.0 Å². The number of carbonyl (C=O) groups is 2. The summed E-state index contributed by atoms with van der Waals surface area (Å²) in [5.74, 6) is -1.59. The normalized spacial score (nSPS) is 12.1. The van der Waals surface area contributed by atoms with Crippen LogP contribution in [0.5, 0.6) is 0 Å². The number of benzene rings is 2. The zero-order valence-corrected chi connectivity index (χ0v) is 20.6. The van der Waals surface area contributed by atoms with Crippen LogP contribution in [-0.2, 0) is 17.8 Å². The molecule has 0 aliphatic heterocycles. The highest BCUT2D eigenvalue weighted by Crippen LogP contribution is 2.24. The lowest BCUT2D eigenvalue weighted by molar-refractivity contribution is -0.139. The first-order valence-corrected chi connectivity index (χ1v) is 12.4. The summed E-state index contributed by atoms with van der Waals surface area (Å²) in [6, 6.07) is 15.6. The number of carbonyl (C=O) groups excluding carboxylic acids is 1. The van der Waals surface area contributed by atoms with E-state index in [-0.39, 0.29) is 12.1 Å². The quantitative estimate of drug-likeness (QED) is 0.244. The van der Waals surface area contributed by atoms with Gasteiger partial charge in [0.2, 0.25) is 0 Å². The van der Waals surface area contributed by atoms with Gasteiger partial charge >= 0.3 is 5.97 Å². The van der Waals surface area contributed by atoms with Crippen molar-refractivity contribution in [2.24, 2.45) is 0 Å². The maximum absolute atomic E-state index is 13.2. The number of nitrogens with zero attached hydrogens (tertiary/aromatic N) is 2. The number of carboxylic acids is 1. The van der Waals surface area contributed by atoms with Crippen molar-refractivity contribution in [2.45, 2.75) is 50.4 Å². The van der Waals surface area contributed by atoms with Crippen molar-refractivity contribution in [3.8, 4) is 0 Å². The Hall–Kier alpha value is -3.03.